The SMILES string of the molecule is CCC(=O)N(Cc1ccco1)Cc1cc2cc(C)c(C)cc2nc1Cl. The van der Waals surface area contributed by atoms with Crippen molar-refractivity contribution >= 4 is 28.4 Å². The minimum atomic E-state index is 0.0488. The van der Waals surface area contributed by atoms with Gasteiger partial charge in [0.2, 0.25) is 5.91 Å². The molecule has 0 bridgehead atoms. The van der Waals surface area contributed by atoms with Crippen LogP contribution < -0.4 is 0 Å². The Hall–Kier alpha value is -2.33. The van der Waals surface area contributed by atoms with Crippen LogP contribution in [0.2, 0.25) is 5.15 Å². The Morgan fingerprint density at radius 3 is 2.64 bits per heavy atom. The Balaban J connectivity index is 1.94. The Labute approximate surface area is 152 Å². The molecule has 5 heteroatoms. The largest absolute Gasteiger partial charge is 0.467 e. The highest BCUT2D eigenvalue weighted by Gasteiger charge is 2.17. The van der Waals surface area contributed by atoms with Crippen LogP contribution in [0.3, 0.4) is 0 Å². The number of rotatable bonds is 5. The summed E-state index contributed by atoms with van der Waals surface area (Å²) in [6.07, 6.45) is 2.04. The maximum absolute atomic E-state index is 12.3. The number of hydrogen-bond donors (Lipinski definition) is 0. The zero-order valence-corrected chi connectivity index (χ0v) is 15.4. The summed E-state index contributed by atoms with van der Waals surface area (Å²) in [6, 6.07) is 9.85. The average molecular weight is 357 g/mol. The second-order valence-corrected chi connectivity index (χ2v) is 6.61. The van der Waals surface area contributed by atoms with Crippen LogP contribution in [0, 0.1) is 13.8 Å². The zero-order valence-electron chi connectivity index (χ0n) is 14.7. The number of fused-ring (bicyclic) bond motifs is 1. The monoisotopic (exact) mass is 356 g/mol. The lowest BCUT2D eigenvalue weighted by molar-refractivity contribution is -0.132. The Bertz CT molecular complexity index is 904. The summed E-state index contributed by atoms with van der Waals surface area (Å²) in [5, 5.41) is 1.47. The van der Waals surface area contributed by atoms with Gasteiger partial charge in [-0.25, -0.2) is 4.98 Å². The Morgan fingerprint density at radius 1 is 1.20 bits per heavy atom. The average Bonchev–Trinajstić information content (AvgIpc) is 3.09. The molecule has 0 saturated heterocycles. The number of furan rings is 1. The van der Waals surface area contributed by atoms with Crippen LogP contribution >= 0.6 is 11.6 Å². The molecule has 2 heterocycles. The van der Waals surface area contributed by atoms with Crippen LogP contribution in [0.25, 0.3) is 10.9 Å². The van der Waals surface area contributed by atoms with E-state index in [1.165, 1.54) is 11.1 Å². The van der Waals surface area contributed by atoms with E-state index in [-0.39, 0.29) is 5.91 Å². The first kappa shape index (κ1) is 17.5. The highest BCUT2D eigenvalue weighted by atomic mass is 35.5. The maximum Gasteiger partial charge on any atom is 0.222 e. The van der Waals surface area contributed by atoms with Crippen molar-refractivity contribution in [2.75, 3.05) is 0 Å². The maximum atomic E-state index is 12.3. The molecule has 1 amide bonds. The van der Waals surface area contributed by atoms with E-state index in [2.05, 4.69) is 24.9 Å². The quantitative estimate of drug-likeness (QED) is 0.602. The molecule has 2 aromatic heterocycles. The highest BCUT2D eigenvalue weighted by molar-refractivity contribution is 6.30. The van der Waals surface area contributed by atoms with E-state index >= 15 is 0 Å². The van der Waals surface area contributed by atoms with E-state index in [4.69, 9.17) is 16.0 Å². The summed E-state index contributed by atoms with van der Waals surface area (Å²) in [6.45, 7) is 6.81. The number of nitrogens with zero attached hydrogens (tertiary/aromatic N) is 2. The second kappa shape index (κ2) is 7.28. The third-order valence-electron chi connectivity index (χ3n) is 4.40. The molecular weight excluding hydrogens is 336 g/mol. The number of carbonyl (C=O) groups excluding carboxylic acids is 1. The number of pyridine rings is 1. The van der Waals surface area contributed by atoms with Crippen LogP contribution in [-0.2, 0) is 17.9 Å². The van der Waals surface area contributed by atoms with E-state index in [0.29, 0.717) is 24.7 Å². The first-order valence-corrected chi connectivity index (χ1v) is 8.72. The fourth-order valence-electron chi connectivity index (χ4n) is 2.82. The molecule has 0 saturated carbocycles. The molecular formula is C20H21ClN2O2. The summed E-state index contributed by atoms with van der Waals surface area (Å²) in [4.78, 5) is 18.6. The standard InChI is InChI=1S/C20H21ClN2O2/c1-4-19(24)23(12-17-6-5-7-25-17)11-16-10-15-8-13(2)14(3)9-18(15)22-20(16)21/h5-10H,4,11-12H2,1-3H3. The van der Waals surface area contributed by atoms with Crippen LogP contribution in [0.1, 0.15) is 35.8 Å². The van der Waals surface area contributed by atoms with Gasteiger partial charge in [-0.1, -0.05) is 18.5 Å². The zero-order chi connectivity index (χ0) is 18.0. The Kier molecular flexibility index (Phi) is 5.09. The molecule has 0 aliphatic carbocycles. The van der Waals surface area contributed by atoms with E-state index in [1.54, 1.807) is 11.2 Å². The highest BCUT2D eigenvalue weighted by Crippen LogP contribution is 2.25. The molecule has 25 heavy (non-hydrogen) atoms. The van der Waals surface area contributed by atoms with Crippen molar-refractivity contribution in [3.8, 4) is 0 Å². The number of carbonyl (C=O) groups is 1. The van der Waals surface area contributed by atoms with Crippen LogP contribution in [0.4, 0.5) is 0 Å². The fourth-order valence-corrected chi connectivity index (χ4v) is 3.03. The van der Waals surface area contributed by atoms with E-state index in [9.17, 15) is 4.79 Å². The van der Waals surface area contributed by atoms with Crippen molar-refractivity contribution in [1.82, 2.24) is 9.88 Å². The van der Waals surface area contributed by atoms with Crippen molar-refractivity contribution in [1.29, 1.82) is 0 Å². The minimum Gasteiger partial charge on any atom is -0.467 e. The van der Waals surface area contributed by atoms with Crippen LogP contribution in [0.5, 0.6) is 0 Å². The van der Waals surface area contributed by atoms with Gasteiger partial charge in [-0.15, -0.1) is 0 Å². The van der Waals surface area contributed by atoms with E-state index in [0.717, 1.165) is 22.2 Å². The molecule has 4 nitrogen and oxygen atoms in total. The third kappa shape index (κ3) is 3.85. The molecule has 0 spiro atoms. The van der Waals surface area contributed by atoms with Gasteiger partial charge in [0.15, 0.2) is 0 Å². The third-order valence-corrected chi connectivity index (χ3v) is 4.73. The minimum absolute atomic E-state index is 0.0488. The number of amides is 1. The van der Waals surface area contributed by atoms with Gasteiger partial charge in [0.25, 0.3) is 0 Å². The van der Waals surface area contributed by atoms with Gasteiger partial charge in [0.1, 0.15) is 10.9 Å². The number of benzene rings is 1. The molecule has 130 valence electrons. The van der Waals surface area contributed by atoms with Gasteiger partial charge >= 0.3 is 0 Å². The smallest absolute Gasteiger partial charge is 0.222 e. The van der Waals surface area contributed by atoms with Crippen molar-refractivity contribution in [3.05, 3.63) is 64.2 Å². The fraction of sp³-hybridized carbons (Fsp3) is 0.300. The number of aryl methyl sites for hydroxylation is 2. The van der Waals surface area contributed by atoms with Gasteiger partial charge in [-0.3, -0.25) is 4.79 Å². The number of halogens is 1. The predicted molar refractivity (Wildman–Crippen MR) is 99.5 cm³/mol. The molecule has 0 radical (unpaired) electrons. The molecule has 0 aliphatic heterocycles. The van der Waals surface area contributed by atoms with E-state index in [1.807, 2.05) is 31.2 Å². The summed E-state index contributed by atoms with van der Waals surface area (Å²) >= 11 is 6.40. The lowest BCUT2D eigenvalue weighted by Crippen LogP contribution is -2.29. The van der Waals surface area contributed by atoms with Crippen molar-refractivity contribution in [3.63, 3.8) is 0 Å². The second-order valence-electron chi connectivity index (χ2n) is 6.25. The van der Waals surface area contributed by atoms with E-state index < -0.39 is 0 Å². The summed E-state index contributed by atoms with van der Waals surface area (Å²) in [7, 11) is 0. The molecule has 0 atom stereocenters. The molecule has 3 rings (SSSR count). The lowest BCUT2D eigenvalue weighted by atomic mass is 10.0. The summed E-state index contributed by atoms with van der Waals surface area (Å²) in [5.41, 5.74) is 4.10. The number of hydrogen-bond acceptors (Lipinski definition) is 3. The van der Waals surface area contributed by atoms with Crippen molar-refractivity contribution in [2.24, 2.45) is 0 Å². The van der Waals surface area contributed by atoms with Crippen molar-refractivity contribution in [2.45, 2.75) is 40.3 Å². The lowest BCUT2D eigenvalue weighted by Gasteiger charge is -2.22. The molecule has 1 aromatic carbocycles. The van der Waals surface area contributed by atoms with Gasteiger partial charge in [0, 0.05) is 23.9 Å². The topological polar surface area (TPSA) is 46.3 Å². The van der Waals surface area contributed by atoms with Gasteiger partial charge < -0.3 is 9.32 Å². The molecule has 0 unspecified atom stereocenters. The summed E-state index contributed by atoms with van der Waals surface area (Å²) in [5.74, 6) is 0.797. The first-order chi connectivity index (χ1) is 12.0. The molecule has 0 aliphatic rings. The number of aromatic nitrogens is 1. The molecule has 0 fully saturated rings. The molecule has 3 aromatic rings. The van der Waals surface area contributed by atoms with Crippen LogP contribution in [0.15, 0.2) is 41.0 Å². The Morgan fingerprint density at radius 2 is 1.96 bits per heavy atom. The van der Waals surface area contributed by atoms with Crippen molar-refractivity contribution < 1.29 is 9.21 Å². The predicted octanol–water partition coefficient (Wildman–Crippen LogP) is 5.04. The van der Waals surface area contributed by atoms with Gasteiger partial charge in [-0.05, 0) is 55.3 Å². The summed E-state index contributed by atoms with van der Waals surface area (Å²) < 4.78 is 5.38. The first-order valence-electron chi connectivity index (χ1n) is 8.34. The van der Waals surface area contributed by atoms with Gasteiger partial charge in [0.05, 0.1) is 18.3 Å². The normalized spacial score (nSPS) is 11.0. The van der Waals surface area contributed by atoms with Gasteiger partial charge in [-0.2, -0.15) is 0 Å². The van der Waals surface area contributed by atoms with Crippen LogP contribution in [-0.4, -0.2) is 15.8 Å². The molecule has 0 N–H and O–H groups in total.